The molecule has 0 saturated carbocycles. The average Bonchev–Trinajstić information content (AvgIpc) is 3.04. The van der Waals surface area contributed by atoms with Crippen molar-refractivity contribution in [1.82, 2.24) is 15.5 Å². The van der Waals surface area contributed by atoms with Gasteiger partial charge in [-0.25, -0.2) is 4.79 Å². The maximum Gasteiger partial charge on any atom is 0.336 e. The number of allylic oxidation sites excluding steroid dienone is 3. The number of hydrogen-bond acceptors (Lipinski definition) is 5. The van der Waals surface area contributed by atoms with Crippen LogP contribution in [0.2, 0.25) is 10.0 Å². The third kappa shape index (κ3) is 6.73. The van der Waals surface area contributed by atoms with Crippen LogP contribution in [0.3, 0.4) is 0 Å². The number of esters is 1. The number of carbonyl (C=O) groups excluding carboxylic acids is 2. The van der Waals surface area contributed by atoms with E-state index in [0.29, 0.717) is 33.4 Å². The van der Waals surface area contributed by atoms with Crippen molar-refractivity contribution in [3.8, 4) is 0 Å². The maximum absolute atomic E-state index is 13.3. The first-order chi connectivity index (χ1) is 21.2. The Kier molecular flexibility index (Phi) is 10.1. The van der Waals surface area contributed by atoms with Crippen molar-refractivity contribution in [3.63, 3.8) is 0 Å². The van der Waals surface area contributed by atoms with Crippen molar-refractivity contribution in [2.24, 2.45) is 0 Å². The van der Waals surface area contributed by atoms with E-state index in [9.17, 15) is 9.59 Å². The smallest absolute Gasteiger partial charge is 0.336 e. The summed E-state index contributed by atoms with van der Waals surface area (Å²) in [5.41, 5.74) is 5.91. The summed E-state index contributed by atoms with van der Waals surface area (Å²) < 4.78 is 5.12. The van der Waals surface area contributed by atoms with Crippen molar-refractivity contribution >= 4 is 35.1 Å². The molecule has 0 radical (unpaired) electrons. The van der Waals surface area contributed by atoms with Gasteiger partial charge in [-0.05, 0) is 81.6 Å². The molecule has 0 aliphatic carbocycles. The summed E-state index contributed by atoms with van der Waals surface area (Å²) in [5.74, 6) is -1.14. The van der Waals surface area contributed by atoms with Gasteiger partial charge in [0.15, 0.2) is 0 Å². The van der Waals surface area contributed by atoms with E-state index < -0.39 is 11.9 Å². The van der Waals surface area contributed by atoms with Crippen LogP contribution in [0.5, 0.6) is 0 Å². The lowest BCUT2D eigenvalue weighted by molar-refractivity contribution is -0.136. The molecule has 6 nitrogen and oxygen atoms in total. The monoisotopic (exact) mass is 631 g/mol. The number of halogens is 2. The van der Waals surface area contributed by atoms with Crippen LogP contribution in [-0.2, 0) is 19.7 Å². The second-order valence-electron chi connectivity index (χ2n) is 11.6. The van der Waals surface area contributed by atoms with Crippen LogP contribution in [0.4, 0.5) is 0 Å². The largest absolute Gasteiger partial charge is 0.466 e. The lowest BCUT2D eigenvalue weighted by Gasteiger charge is -2.43. The van der Waals surface area contributed by atoms with Crippen molar-refractivity contribution in [1.29, 1.82) is 0 Å². The highest BCUT2D eigenvalue weighted by Gasteiger charge is 2.38. The SMILES string of the molecule is COC(=O)C1=C(C)NC(C)=C(NC(=O)CCCN2CCC(c3ccccc3)(c3ccccc3)CC2)C1c1ccc(Cl)c(Cl)c1. The van der Waals surface area contributed by atoms with E-state index >= 15 is 0 Å². The molecule has 8 heteroatoms. The highest BCUT2D eigenvalue weighted by Crippen LogP contribution is 2.42. The first-order valence-electron chi connectivity index (χ1n) is 15.1. The van der Waals surface area contributed by atoms with E-state index in [-0.39, 0.29) is 11.3 Å². The zero-order valence-corrected chi connectivity index (χ0v) is 27.0. The van der Waals surface area contributed by atoms with Crippen molar-refractivity contribution in [3.05, 3.63) is 128 Å². The van der Waals surface area contributed by atoms with Gasteiger partial charge in [-0.1, -0.05) is 89.9 Å². The number of hydrogen-bond donors (Lipinski definition) is 2. The Labute approximate surface area is 270 Å². The Balaban J connectivity index is 1.24. The van der Waals surface area contributed by atoms with Gasteiger partial charge < -0.3 is 20.3 Å². The Bertz CT molecular complexity index is 1520. The van der Waals surface area contributed by atoms with Crippen LogP contribution in [0.15, 0.2) is 102 Å². The molecule has 3 aromatic rings. The topological polar surface area (TPSA) is 70.7 Å². The van der Waals surface area contributed by atoms with E-state index in [1.54, 1.807) is 12.1 Å². The Morgan fingerprint density at radius 3 is 2.09 bits per heavy atom. The van der Waals surface area contributed by atoms with Crippen molar-refractivity contribution in [2.75, 3.05) is 26.7 Å². The van der Waals surface area contributed by atoms with Crippen molar-refractivity contribution < 1.29 is 14.3 Å². The summed E-state index contributed by atoms with van der Waals surface area (Å²) in [6.07, 6.45) is 3.14. The van der Waals surface area contributed by atoms with E-state index in [1.807, 2.05) is 19.9 Å². The molecule has 1 saturated heterocycles. The number of methoxy groups -OCH3 is 1. The third-order valence-electron chi connectivity index (χ3n) is 8.96. The summed E-state index contributed by atoms with van der Waals surface area (Å²) in [6.45, 7) is 6.47. The van der Waals surface area contributed by atoms with Crippen LogP contribution in [0, 0.1) is 0 Å². The first kappa shape index (κ1) is 31.8. The molecule has 2 aliphatic heterocycles. The molecule has 1 amide bonds. The van der Waals surface area contributed by atoms with E-state index in [0.717, 1.165) is 50.2 Å². The highest BCUT2D eigenvalue weighted by molar-refractivity contribution is 6.42. The Hall–Kier alpha value is -3.58. The van der Waals surface area contributed by atoms with Crippen LogP contribution in [-0.4, -0.2) is 43.5 Å². The summed E-state index contributed by atoms with van der Waals surface area (Å²) in [5, 5.41) is 7.15. The lowest BCUT2D eigenvalue weighted by atomic mass is 9.68. The molecule has 2 heterocycles. The number of likely N-dealkylation sites (tertiary alicyclic amines) is 1. The van der Waals surface area contributed by atoms with Gasteiger partial charge in [0, 0.05) is 28.9 Å². The first-order valence-corrected chi connectivity index (χ1v) is 15.8. The molecule has 1 fully saturated rings. The van der Waals surface area contributed by atoms with Crippen LogP contribution < -0.4 is 10.6 Å². The van der Waals surface area contributed by atoms with Gasteiger partial charge >= 0.3 is 5.97 Å². The Morgan fingerprint density at radius 1 is 0.909 bits per heavy atom. The zero-order chi connectivity index (χ0) is 31.3. The minimum absolute atomic E-state index is 0.00303. The molecule has 0 aromatic heterocycles. The van der Waals surface area contributed by atoms with Gasteiger partial charge in [-0.3, -0.25) is 4.79 Å². The molecule has 1 atom stereocenters. The summed E-state index contributed by atoms with van der Waals surface area (Å²) >= 11 is 12.6. The van der Waals surface area contributed by atoms with Gasteiger partial charge in [0.1, 0.15) is 0 Å². The number of benzene rings is 3. The second-order valence-corrected chi connectivity index (χ2v) is 12.4. The number of amides is 1. The highest BCUT2D eigenvalue weighted by atomic mass is 35.5. The average molecular weight is 633 g/mol. The molecular formula is C36H39Cl2N3O3. The fraction of sp³-hybridized carbons (Fsp3) is 0.333. The number of dihydropyridines is 1. The molecule has 3 aromatic carbocycles. The minimum atomic E-state index is -0.561. The minimum Gasteiger partial charge on any atom is -0.466 e. The van der Waals surface area contributed by atoms with Gasteiger partial charge in [-0.15, -0.1) is 0 Å². The predicted octanol–water partition coefficient (Wildman–Crippen LogP) is 7.34. The summed E-state index contributed by atoms with van der Waals surface area (Å²) in [6, 6.07) is 26.9. The number of rotatable bonds is 9. The molecular weight excluding hydrogens is 593 g/mol. The van der Waals surface area contributed by atoms with Crippen LogP contribution in [0.1, 0.15) is 62.1 Å². The molecule has 5 rings (SSSR count). The van der Waals surface area contributed by atoms with Crippen molar-refractivity contribution in [2.45, 2.75) is 50.9 Å². The number of nitrogens with one attached hydrogen (secondary N) is 2. The predicted molar refractivity (Wildman–Crippen MR) is 176 cm³/mol. The van der Waals surface area contributed by atoms with Gasteiger partial charge in [-0.2, -0.15) is 0 Å². The molecule has 0 spiro atoms. The molecule has 0 bridgehead atoms. The quantitative estimate of drug-likeness (QED) is 0.242. The van der Waals surface area contributed by atoms with E-state index in [4.69, 9.17) is 27.9 Å². The number of nitrogens with zero attached hydrogens (tertiary/aromatic N) is 1. The fourth-order valence-electron chi connectivity index (χ4n) is 6.66. The molecule has 44 heavy (non-hydrogen) atoms. The zero-order valence-electron chi connectivity index (χ0n) is 25.5. The number of ether oxygens (including phenoxy) is 1. The van der Waals surface area contributed by atoms with E-state index in [2.05, 4.69) is 76.2 Å². The number of carbonyl (C=O) groups is 2. The Morgan fingerprint density at radius 2 is 1.52 bits per heavy atom. The molecule has 230 valence electrons. The van der Waals surface area contributed by atoms with Crippen LogP contribution >= 0.6 is 23.2 Å². The number of piperidine rings is 1. The fourth-order valence-corrected chi connectivity index (χ4v) is 6.96. The summed E-state index contributed by atoms with van der Waals surface area (Å²) in [7, 11) is 1.35. The molecule has 2 aliphatic rings. The van der Waals surface area contributed by atoms with Gasteiger partial charge in [0.25, 0.3) is 0 Å². The van der Waals surface area contributed by atoms with Gasteiger partial charge in [0.2, 0.25) is 5.91 Å². The lowest BCUT2D eigenvalue weighted by Crippen LogP contribution is -2.43. The second kappa shape index (κ2) is 14.0. The van der Waals surface area contributed by atoms with Gasteiger partial charge in [0.05, 0.1) is 28.6 Å². The third-order valence-corrected chi connectivity index (χ3v) is 9.70. The maximum atomic E-state index is 13.3. The molecule has 1 unspecified atom stereocenters. The molecule has 2 N–H and O–H groups in total. The van der Waals surface area contributed by atoms with E-state index in [1.165, 1.54) is 18.2 Å². The standard InChI is InChI=1S/C36H39Cl2N3O3/c1-24-32(35(43)44-3)33(26-16-17-29(37)30(38)23-26)34(25(2)39-24)40-31(42)15-10-20-41-21-18-36(19-22-41,27-11-6-4-7-12-27)28-13-8-5-9-14-28/h4-9,11-14,16-17,23,33,39H,10,15,18-22H2,1-3H3,(H,40,42). The normalized spacial score (nSPS) is 18.5. The van der Waals surface area contributed by atoms with Crippen LogP contribution in [0.25, 0.3) is 0 Å². The summed E-state index contributed by atoms with van der Waals surface area (Å²) in [4.78, 5) is 28.7.